The number of aromatic nitrogens is 3. The van der Waals surface area contributed by atoms with Crippen LogP contribution in [0.3, 0.4) is 0 Å². The zero-order valence-corrected chi connectivity index (χ0v) is 6.28. The predicted octanol–water partition coefficient (Wildman–Crippen LogP) is 0.225. The Bertz CT molecular complexity index is 205. The van der Waals surface area contributed by atoms with Crippen molar-refractivity contribution in [1.29, 1.82) is 0 Å². The van der Waals surface area contributed by atoms with Gasteiger partial charge in [-0.2, -0.15) is 0 Å². The van der Waals surface area contributed by atoms with Crippen LogP contribution in [0.15, 0.2) is 6.33 Å². The molecule has 0 aliphatic heterocycles. The molecule has 0 bridgehead atoms. The van der Waals surface area contributed by atoms with E-state index in [2.05, 4.69) is 10.2 Å². The minimum atomic E-state index is 0.0208. The van der Waals surface area contributed by atoms with Crippen LogP contribution in [0.4, 0.5) is 0 Å². The third-order valence-electron chi connectivity index (χ3n) is 1.52. The van der Waals surface area contributed by atoms with E-state index in [1.54, 1.807) is 6.33 Å². The summed E-state index contributed by atoms with van der Waals surface area (Å²) in [5.74, 6) is 0.850. The SMILES string of the molecule is CCC(N)c1nncn1C. The molecule has 0 aromatic carbocycles. The van der Waals surface area contributed by atoms with Gasteiger partial charge >= 0.3 is 0 Å². The molecule has 0 spiro atoms. The molecule has 1 atom stereocenters. The molecular formula is C6H12N4. The molecule has 2 N–H and O–H groups in total. The molecule has 0 aliphatic rings. The highest BCUT2D eigenvalue weighted by Gasteiger charge is 2.07. The quantitative estimate of drug-likeness (QED) is 0.639. The molecule has 1 heterocycles. The van der Waals surface area contributed by atoms with Crippen molar-refractivity contribution < 1.29 is 0 Å². The van der Waals surface area contributed by atoms with Crippen LogP contribution in [0.5, 0.6) is 0 Å². The molecule has 1 aromatic rings. The maximum atomic E-state index is 5.72. The Morgan fingerprint density at radius 2 is 2.50 bits per heavy atom. The molecule has 0 fully saturated rings. The number of nitrogens with zero attached hydrogens (tertiary/aromatic N) is 3. The van der Waals surface area contributed by atoms with Gasteiger partial charge in [0.25, 0.3) is 0 Å². The molecule has 0 aliphatic carbocycles. The highest BCUT2D eigenvalue weighted by Crippen LogP contribution is 2.07. The molecule has 0 amide bonds. The van der Waals surface area contributed by atoms with Gasteiger partial charge in [-0.1, -0.05) is 6.92 Å². The van der Waals surface area contributed by atoms with Crippen molar-refractivity contribution in [2.75, 3.05) is 0 Å². The molecule has 0 radical (unpaired) electrons. The van der Waals surface area contributed by atoms with Crippen LogP contribution in [0.1, 0.15) is 25.2 Å². The highest BCUT2D eigenvalue weighted by molar-refractivity contribution is 4.91. The topological polar surface area (TPSA) is 56.7 Å². The van der Waals surface area contributed by atoms with Gasteiger partial charge in [0.2, 0.25) is 0 Å². The fourth-order valence-corrected chi connectivity index (χ4v) is 0.810. The molecule has 0 saturated carbocycles. The molecule has 10 heavy (non-hydrogen) atoms. The van der Waals surface area contributed by atoms with Crippen molar-refractivity contribution >= 4 is 0 Å². The standard InChI is InChI=1S/C6H12N4/c1-3-5(7)6-9-8-4-10(6)2/h4-5H,3,7H2,1-2H3. The summed E-state index contributed by atoms with van der Waals surface area (Å²) in [6, 6.07) is 0.0208. The van der Waals surface area contributed by atoms with Gasteiger partial charge in [-0.25, -0.2) is 0 Å². The first-order valence-electron chi connectivity index (χ1n) is 3.35. The lowest BCUT2D eigenvalue weighted by molar-refractivity contribution is 0.615. The van der Waals surface area contributed by atoms with Crippen LogP contribution >= 0.6 is 0 Å². The molecule has 0 saturated heterocycles. The summed E-state index contributed by atoms with van der Waals surface area (Å²) in [4.78, 5) is 0. The Balaban J connectivity index is 2.82. The third kappa shape index (κ3) is 1.16. The van der Waals surface area contributed by atoms with Crippen LogP contribution in [-0.2, 0) is 7.05 Å². The van der Waals surface area contributed by atoms with Gasteiger partial charge in [-0.3, -0.25) is 0 Å². The minimum absolute atomic E-state index is 0.0208. The second-order valence-electron chi connectivity index (χ2n) is 2.31. The molecule has 1 unspecified atom stereocenters. The van der Waals surface area contributed by atoms with Gasteiger partial charge in [-0.15, -0.1) is 10.2 Å². The van der Waals surface area contributed by atoms with Crippen LogP contribution in [0.25, 0.3) is 0 Å². The fourth-order valence-electron chi connectivity index (χ4n) is 0.810. The normalized spacial score (nSPS) is 13.5. The molecule has 56 valence electrons. The first-order chi connectivity index (χ1) is 4.75. The Labute approximate surface area is 60.1 Å². The van der Waals surface area contributed by atoms with Gasteiger partial charge in [0.05, 0.1) is 6.04 Å². The number of nitrogens with two attached hydrogens (primary N) is 1. The van der Waals surface area contributed by atoms with E-state index < -0.39 is 0 Å². The van der Waals surface area contributed by atoms with E-state index in [9.17, 15) is 0 Å². The van der Waals surface area contributed by atoms with Crippen molar-refractivity contribution in [3.05, 3.63) is 12.2 Å². The van der Waals surface area contributed by atoms with Crippen molar-refractivity contribution in [2.24, 2.45) is 12.8 Å². The van der Waals surface area contributed by atoms with E-state index in [1.807, 2.05) is 18.5 Å². The van der Waals surface area contributed by atoms with Crippen LogP contribution in [0.2, 0.25) is 0 Å². The monoisotopic (exact) mass is 140 g/mol. The Morgan fingerprint density at radius 3 is 2.90 bits per heavy atom. The van der Waals surface area contributed by atoms with E-state index in [4.69, 9.17) is 5.73 Å². The molecule has 4 heteroatoms. The van der Waals surface area contributed by atoms with E-state index in [-0.39, 0.29) is 6.04 Å². The molecular weight excluding hydrogens is 128 g/mol. The lowest BCUT2D eigenvalue weighted by Crippen LogP contribution is -2.13. The van der Waals surface area contributed by atoms with Gasteiger partial charge in [0.15, 0.2) is 0 Å². The number of hydrogen-bond donors (Lipinski definition) is 1. The third-order valence-corrected chi connectivity index (χ3v) is 1.52. The van der Waals surface area contributed by atoms with E-state index in [0.717, 1.165) is 12.2 Å². The zero-order chi connectivity index (χ0) is 7.56. The van der Waals surface area contributed by atoms with E-state index in [0.29, 0.717) is 0 Å². The smallest absolute Gasteiger partial charge is 0.149 e. The Morgan fingerprint density at radius 1 is 1.80 bits per heavy atom. The fraction of sp³-hybridized carbons (Fsp3) is 0.667. The lowest BCUT2D eigenvalue weighted by Gasteiger charge is -2.05. The average Bonchev–Trinajstić information content (AvgIpc) is 2.34. The van der Waals surface area contributed by atoms with Gasteiger partial charge in [0, 0.05) is 7.05 Å². The predicted molar refractivity (Wildman–Crippen MR) is 38.2 cm³/mol. The number of aryl methyl sites for hydroxylation is 1. The summed E-state index contributed by atoms with van der Waals surface area (Å²) in [6.45, 7) is 2.03. The maximum absolute atomic E-state index is 5.72. The van der Waals surface area contributed by atoms with Crippen LogP contribution in [-0.4, -0.2) is 14.8 Å². The van der Waals surface area contributed by atoms with Gasteiger partial charge < -0.3 is 10.3 Å². The summed E-state index contributed by atoms with van der Waals surface area (Å²) in [6.07, 6.45) is 2.55. The van der Waals surface area contributed by atoms with Crippen molar-refractivity contribution in [3.63, 3.8) is 0 Å². The summed E-state index contributed by atoms with van der Waals surface area (Å²) < 4.78 is 1.84. The minimum Gasteiger partial charge on any atom is -0.321 e. The van der Waals surface area contributed by atoms with Gasteiger partial charge in [-0.05, 0) is 6.42 Å². The summed E-state index contributed by atoms with van der Waals surface area (Å²) >= 11 is 0. The van der Waals surface area contributed by atoms with Crippen LogP contribution in [0, 0.1) is 0 Å². The Hall–Kier alpha value is -0.900. The second-order valence-corrected chi connectivity index (χ2v) is 2.31. The maximum Gasteiger partial charge on any atom is 0.149 e. The summed E-state index contributed by atoms with van der Waals surface area (Å²) in [5, 5.41) is 7.60. The second kappa shape index (κ2) is 2.79. The largest absolute Gasteiger partial charge is 0.321 e. The summed E-state index contributed by atoms with van der Waals surface area (Å²) in [5.41, 5.74) is 5.72. The zero-order valence-electron chi connectivity index (χ0n) is 6.28. The van der Waals surface area contributed by atoms with E-state index in [1.165, 1.54) is 0 Å². The molecule has 1 rings (SSSR count). The van der Waals surface area contributed by atoms with Crippen molar-refractivity contribution in [3.8, 4) is 0 Å². The molecule has 1 aromatic heterocycles. The van der Waals surface area contributed by atoms with Crippen LogP contribution < -0.4 is 5.73 Å². The highest BCUT2D eigenvalue weighted by atomic mass is 15.3. The number of hydrogen-bond acceptors (Lipinski definition) is 3. The lowest BCUT2D eigenvalue weighted by atomic mass is 10.2. The Kier molecular flexibility index (Phi) is 2.01. The first-order valence-corrected chi connectivity index (χ1v) is 3.35. The van der Waals surface area contributed by atoms with Crippen molar-refractivity contribution in [1.82, 2.24) is 14.8 Å². The van der Waals surface area contributed by atoms with E-state index >= 15 is 0 Å². The first kappa shape index (κ1) is 7.21. The van der Waals surface area contributed by atoms with Gasteiger partial charge in [0.1, 0.15) is 12.2 Å². The molecule has 4 nitrogen and oxygen atoms in total. The summed E-state index contributed by atoms with van der Waals surface area (Å²) in [7, 11) is 1.89. The van der Waals surface area contributed by atoms with Crippen molar-refractivity contribution in [2.45, 2.75) is 19.4 Å². The number of rotatable bonds is 2. The average molecular weight is 140 g/mol.